The summed E-state index contributed by atoms with van der Waals surface area (Å²) in [6.07, 6.45) is 11.5. The van der Waals surface area contributed by atoms with E-state index in [9.17, 15) is 24.6 Å². The fraction of sp³-hybridized carbons (Fsp3) is 0.463. The van der Waals surface area contributed by atoms with Crippen molar-refractivity contribution in [3.05, 3.63) is 93.6 Å². The van der Waals surface area contributed by atoms with E-state index in [0.717, 1.165) is 84.4 Å². The summed E-state index contributed by atoms with van der Waals surface area (Å²) in [7, 11) is 0. The van der Waals surface area contributed by atoms with Gasteiger partial charge in [-0.25, -0.2) is 9.37 Å². The third-order valence-electron chi connectivity index (χ3n) is 10.6. The summed E-state index contributed by atoms with van der Waals surface area (Å²) in [4.78, 5) is 40.1. The van der Waals surface area contributed by atoms with Crippen LogP contribution in [0.25, 0.3) is 5.57 Å². The van der Waals surface area contributed by atoms with Crippen LogP contribution in [0.15, 0.2) is 65.8 Å². The smallest absolute Gasteiger partial charge is 0.336 e. The third-order valence-corrected chi connectivity index (χ3v) is 10.8. The number of carboxylic acids is 2. The molecular formula is C41H49ClN3O7+. The highest BCUT2D eigenvalue weighted by Gasteiger charge is 2.43. The molecule has 4 aliphatic rings. The van der Waals surface area contributed by atoms with Gasteiger partial charge in [0, 0.05) is 60.9 Å². The number of halogens is 1. The molecule has 2 saturated heterocycles. The van der Waals surface area contributed by atoms with Crippen molar-refractivity contribution >= 4 is 46.4 Å². The van der Waals surface area contributed by atoms with E-state index in [2.05, 4.69) is 52.9 Å². The maximum absolute atomic E-state index is 13.4. The number of aliphatic carboxylic acids is 1. The van der Waals surface area contributed by atoms with E-state index in [1.54, 1.807) is 12.1 Å². The van der Waals surface area contributed by atoms with Gasteiger partial charge < -0.3 is 29.9 Å². The largest absolute Gasteiger partial charge is 0.481 e. The molecule has 1 amide bonds. The normalized spacial score (nSPS) is 18.6. The fourth-order valence-electron chi connectivity index (χ4n) is 7.32. The number of carbonyl (C=O) groups is 3. The summed E-state index contributed by atoms with van der Waals surface area (Å²) >= 11 is 5.71. The number of anilines is 1. The van der Waals surface area contributed by atoms with Crippen molar-refractivity contribution in [1.82, 2.24) is 5.32 Å². The molecule has 276 valence electrons. The zero-order valence-corrected chi connectivity index (χ0v) is 30.8. The molecule has 0 radical (unpaired) electrons. The number of allylic oxidation sites excluding steroid dienone is 5. The Morgan fingerprint density at radius 2 is 1.67 bits per heavy atom. The monoisotopic (exact) mass is 730 g/mol. The van der Waals surface area contributed by atoms with Crippen LogP contribution in [0.4, 0.5) is 5.69 Å². The van der Waals surface area contributed by atoms with Gasteiger partial charge in [0.1, 0.15) is 0 Å². The zero-order chi connectivity index (χ0) is 36.8. The minimum atomic E-state index is -1.08. The van der Waals surface area contributed by atoms with Gasteiger partial charge in [-0.1, -0.05) is 32.8 Å². The number of nitrogens with zero attached hydrogens (tertiary/aromatic N) is 2. The number of unbranched alkanes of at least 4 members (excludes halogenated alkanes) is 3. The van der Waals surface area contributed by atoms with Crippen LogP contribution in [0, 0.1) is 5.92 Å². The topological polar surface area (TPSA) is 128 Å². The Kier molecular flexibility index (Phi) is 12.0. The van der Waals surface area contributed by atoms with Gasteiger partial charge in [-0.3, -0.25) is 9.59 Å². The van der Waals surface area contributed by atoms with E-state index in [1.807, 2.05) is 12.2 Å². The molecule has 0 spiro atoms. The van der Waals surface area contributed by atoms with Crippen molar-refractivity contribution in [1.29, 1.82) is 0 Å². The van der Waals surface area contributed by atoms with E-state index in [1.165, 1.54) is 6.07 Å². The lowest BCUT2D eigenvalue weighted by atomic mass is 9.64. The number of rotatable bonds is 17. The number of hydrogen-bond acceptors (Lipinski definition) is 6. The fourth-order valence-corrected chi connectivity index (χ4v) is 7.51. The number of nitrogens with one attached hydrogen (secondary N) is 1. The molecular weight excluding hydrogens is 682 g/mol. The molecule has 0 atom stereocenters. The van der Waals surface area contributed by atoms with Crippen LogP contribution in [0.1, 0.15) is 83.4 Å². The Hall–Kier alpha value is -4.25. The van der Waals surface area contributed by atoms with E-state index < -0.39 is 23.3 Å². The molecule has 2 aromatic carbocycles. The van der Waals surface area contributed by atoms with E-state index >= 15 is 0 Å². The van der Waals surface area contributed by atoms with Crippen LogP contribution in [0.5, 0.6) is 0 Å². The number of benzene rings is 2. The van der Waals surface area contributed by atoms with Gasteiger partial charge in [-0.15, -0.1) is 11.6 Å². The molecule has 6 rings (SSSR count). The summed E-state index contributed by atoms with van der Waals surface area (Å²) in [5, 5.41) is 22.8. The Morgan fingerprint density at radius 3 is 2.37 bits per heavy atom. The second-order valence-corrected chi connectivity index (χ2v) is 14.8. The maximum Gasteiger partial charge on any atom is 0.336 e. The predicted molar refractivity (Wildman–Crippen MR) is 202 cm³/mol. The minimum Gasteiger partial charge on any atom is -0.481 e. The highest BCUT2D eigenvalue weighted by atomic mass is 35.5. The molecule has 0 aromatic heterocycles. The van der Waals surface area contributed by atoms with Gasteiger partial charge >= 0.3 is 11.9 Å². The number of aromatic carboxylic acids is 1. The first-order valence-corrected chi connectivity index (χ1v) is 18.9. The number of amides is 1. The lowest BCUT2D eigenvalue weighted by Crippen LogP contribution is -2.46. The van der Waals surface area contributed by atoms with Gasteiger partial charge in [0.25, 0.3) is 5.91 Å². The van der Waals surface area contributed by atoms with Gasteiger partial charge in [0.2, 0.25) is 0 Å². The molecule has 2 aromatic rings. The maximum atomic E-state index is 13.4. The summed E-state index contributed by atoms with van der Waals surface area (Å²) in [5.41, 5.74) is 7.20. The number of carboxylic acid groups (broad SMARTS) is 2. The summed E-state index contributed by atoms with van der Waals surface area (Å²) in [5.74, 6) is -1.89. The molecule has 0 saturated carbocycles. The van der Waals surface area contributed by atoms with Crippen molar-refractivity contribution in [2.45, 2.75) is 51.4 Å². The van der Waals surface area contributed by atoms with Crippen molar-refractivity contribution in [3.8, 4) is 0 Å². The molecule has 52 heavy (non-hydrogen) atoms. The zero-order valence-electron chi connectivity index (χ0n) is 30.1. The standard InChI is InChI=1S/C41H48ClN3O7/c1-41(2)35-23-29(44-16-7-17-44)9-12-32(35)37(33-13-10-30(24-36(33)41)45-25-28(26-45)39(47)48)34-22-27(8-11-31(34)40(49)50)38(46)43-15-19-52-21-20-51-18-6-4-3-5-14-42/h8-13,22-24,28H,3-7,14-21,25-26H2,1-2H3,(H2-,43,46,47,48,49,50)/p+1. The second-order valence-electron chi connectivity index (χ2n) is 14.4. The molecule has 2 heterocycles. The molecule has 10 nitrogen and oxygen atoms in total. The number of hydrogen-bond donors (Lipinski definition) is 3. The highest BCUT2D eigenvalue weighted by Crippen LogP contribution is 2.51. The molecule has 3 N–H and O–H groups in total. The predicted octanol–water partition coefficient (Wildman–Crippen LogP) is 5.91. The van der Waals surface area contributed by atoms with E-state index in [4.69, 9.17) is 21.1 Å². The summed E-state index contributed by atoms with van der Waals surface area (Å²) in [6.45, 7) is 9.46. The van der Waals surface area contributed by atoms with Crippen molar-refractivity contribution < 1.29 is 38.6 Å². The lowest BCUT2D eigenvalue weighted by molar-refractivity contribution is -0.597. The van der Waals surface area contributed by atoms with Crippen LogP contribution >= 0.6 is 11.6 Å². The first-order valence-electron chi connectivity index (χ1n) is 18.4. The molecule has 0 unspecified atom stereocenters. The average Bonchev–Trinajstić information content (AvgIpc) is 3.07. The first kappa shape index (κ1) is 37.5. The van der Waals surface area contributed by atoms with Gasteiger partial charge in [0.05, 0.1) is 25.4 Å². The Labute approximate surface area is 310 Å². The lowest BCUT2D eigenvalue weighted by Gasteiger charge is -2.41. The first-order chi connectivity index (χ1) is 25.1. The summed E-state index contributed by atoms with van der Waals surface area (Å²) < 4.78 is 13.3. The average molecular weight is 731 g/mol. The van der Waals surface area contributed by atoms with Crippen LogP contribution in [-0.2, 0) is 19.7 Å². The Morgan fingerprint density at radius 1 is 0.923 bits per heavy atom. The minimum absolute atomic E-state index is 0.105. The summed E-state index contributed by atoms with van der Waals surface area (Å²) in [6, 6.07) is 11.2. The van der Waals surface area contributed by atoms with Crippen LogP contribution in [0.2, 0.25) is 0 Å². The highest BCUT2D eigenvalue weighted by molar-refractivity contribution is 6.17. The Bertz CT molecular complexity index is 1830. The Balaban J connectivity index is 1.25. The van der Waals surface area contributed by atoms with Gasteiger partial charge in [0.15, 0.2) is 24.7 Å². The molecule has 0 bridgehead atoms. The van der Waals surface area contributed by atoms with Gasteiger partial charge in [-0.2, -0.15) is 0 Å². The van der Waals surface area contributed by atoms with Crippen molar-refractivity contribution in [3.63, 3.8) is 0 Å². The van der Waals surface area contributed by atoms with Crippen LogP contribution in [0.3, 0.4) is 0 Å². The quantitative estimate of drug-likeness (QED) is 0.104. The molecule has 2 aliphatic carbocycles. The van der Waals surface area contributed by atoms with Crippen molar-refractivity contribution in [2.75, 3.05) is 69.9 Å². The van der Waals surface area contributed by atoms with Gasteiger partial charge in [-0.05, 0) is 89.1 Å². The number of ether oxygens (including phenoxy) is 2. The number of alkyl halides is 1. The molecule has 2 aliphatic heterocycles. The molecule has 11 heteroatoms. The number of fused-ring (bicyclic) bond motifs is 2. The van der Waals surface area contributed by atoms with E-state index in [-0.39, 0.29) is 11.5 Å². The number of carbonyl (C=O) groups excluding carboxylic acids is 1. The second kappa shape index (κ2) is 16.6. The SMILES string of the molecule is CC1(C)C2=CC(=[N+]3CC(C(=O)O)C3)C=CC2=C(c2cc(C(=O)NCCOCCOCCCCCCCl)ccc2C(=O)O)c2ccc(N3CCC3)cc21. The van der Waals surface area contributed by atoms with Crippen LogP contribution < -0.4 is 10.2 Å². The van der Waals surface area contributed by atoms with Crippen molar-refractivity contribution in [2.24, 2.45) is 5.92 Å². The molecule has 2 fully saturated rings. The third kappa shape index (κ3) is 8.04. The van der Waals surface area contributed by atoms with E-state index in [0.29, 0.717) is 63.1 Å². The van der Waals surface area contributed by atoms with Crippen LogP contribution in [-0.4, -0.2) is 103 Å².